The lowest BCUT2D eigenvalue weighted by molar-refractivity contribution is 0.590. The molecule has 0 saturated carbocycles. The standard InChI is InChI=1S/C62H45BN2O/c1-60(2,3)36-29-31-37(32-30-36)65-52-33-42-40-19-9-15-28-54(40)66-55(42)34-43(52)57-56-41-20-8-10-21-44(41)61(4,5)49(56)35-53-58(57)63(65)50-26-16-25-48-59(50)64(53)51-27-14-13-24-47(51)62(48)45-22-11-6-17-38(45)39-18-7-12-23-46(39)62/h6-35H,1-5H3. The van der Waals surface area contributed by atoms with E-state index < -0.39 is 5.41 Å². The van der Waals surface area contributed by atoms with Crippen molar-refractivity contribution in [3.63, 3.8) is 0 Å². The molecule has 0 atom stereocenters. The average Bonchev–Trinajstić information content (AvgIpc) is 3.93. The predicted molar refractivity (Wildman–Crippen MR) is 275 cm³/mol. The maximum Gasteiger partial charge on any atom is 0.333 e. The SMILES string of the molecule is CC(C)(C)c1ccc(N2B3c4cccc5c4N(c4ccccc4C54c5ccccc5-c5ccccc54)c4cc5c(c(c43)-c3cc4oc6ccccc6c4cc32)-c2ccccc2C5(C)C)cc1. The van der Waals surface area contributed by atoms with Crippen LogP contribution in [0, 0.1) is 0 Å². The molecule has 66 heavy (non-hydrogen) atoms. The summed E-state index contributed by atoms with van der Waals surface area (Å²) in [4.78, 5) is 5.36. The lowest BCUT2D eigenvalue weighted by atomic mass is 9.42. The zero-order chi connectivity index (χ0) is 44.0. The van der Waals surface area contributed by atoms with Crippen LogP contribution in [-0.4, -0.2) is 6.85 Å². The van der Waals surface area contributed by atoms with Crippen LogP contribution in [0.2, 0.25) is 0 Å². The van der Waals surface area contributed by atoms with Gasteiger partial charge in [0.15, 0.2) is 0 Å². The Hall–Kier alpha value is -7.56. The van der Waals surface area contributed by atoms with E-state index in [0.29, 0.717) is 0 Å². The number of para-hydroxylation sites is 3. The monoisotopic (exact) mass is 844 g/mol. The molecule has 4 heterocycles. The van der Waals surface area contributed by atoms with E-state index in [1.54, 1.807) is 0 Å². The van der Waals surface area contributed by atoms with Crippen LogP contribution >= 0.6 is 0 Å². The molecule has 0 unspecified atom stereocenters. The minimum absolute atomic E-state index is 0.0140. The number of nitrogens with zero attached hydrogens (tertiary/aromatic N) is 2. The molecular formula is C62H45BN2O. The molecule has 5 aliphatic rings. The molecule has 2 aliphatic carbocycles. The fourth-order valence-corrected chi connectivity index (χ4v) is 13.4. The fourth-order valence-electron chi connectivity index (χ4n) is 13.4. The third kappa shape index (κ3) is 4.28. The predicted octanol–water partition coefficient (Wildman–Crippen LogP) is 14.6. The molecule has 0 bridgehead atoms. The minimum Gasteiger partial charge on any atom is -0.456 e. The highest BCUT2D eigenvalue weighted by Crippen LogP contribution is 2.65. The number of hydrogen-bond donors (Lipinski definition) is 0. The molecule has 0 amide bonds. The third-order valence-corrected chi connectivity index (χ3v) is 16.2. The molecule has 0 saturated heterocycles. The summed E-state index contributed by atoms with van der Waals surface area (Å²) in [6.45, 7) is 11.6. The van der Waals surface area contributed by atoms with Gasteiger partial charge >= 0.3 is 6.85 Å². The molecule has 1 aromatic heterocycles. The lowest BCUT2D eigenvalue weighted by Gasteiger charge is -2.52. The van der Waals surface area contributed by atoms with Gasteiger partial charge < -0.3 is 14.1 Å². The molecule has 9 aromatic carbocycles. The Balaban J connectivity index is 1.14. The maximum atomic E-state index is 6.81. The molecule has 0 radical (unpaired) electrons. The Morgan fingerprint density at radius 3 is 1.85 bits per heavy atom. The topological polar surface area (TPSA) is 19.6 Å². The molecule has 1 spiro atoms. The number of hydrogen-bond acceptors (Lipinski definition) is 3. The van der Waals surface area contributed by atoms with Crippen molar-refractivity contribution in [1.29, 1.82) is 0 Å². The van der Waals surface area contributed by atoms with Gasteiger partial charge in [-0.15, -0.1) is 0 Å². The number of rotatable bonds is 1. The summed E-state index contributed by atoms with van der Waals surface area (Å²) in [7, 11) is 0. The largest absolute Gasteiger partial charge is 0.456 e. The second-order valence-corrected chi connectivity index (χ2v) is 20.7. The zero-order valence-electron chi connectivity index (χ0n) is 37.7. The molecule has 0 fully saturated rings. The van der Waals surface area contributed by atoms with Gasteiger partial charge in [-0.05, 0) is 126 Å². The summed E-state index contributed by atoms with van der Waals surface area (Å²) in [5, 5.41) is 2.27. The van der Waals surface area contributed by atoms with Crippen LogP contribution in [0.25, 0.3) is 55.3 Å². The number of furan rings is 1. The summed E-state index contributed by atoms with van der Waals surface area (Å²) in [5.41, 5.74) is 27.1. The molecule has 10 aromatic rings. The van der Waals surface area contributed by atoms with Gasteiger partial charge in [-0.3, -0.25) is 0 Å². The lowest BCUT2D eigenvalue weighted by Crippen LogP contribution is -2.63. The summed E-state index contributed by atoms with van der Waals surface area (Å²) >= 11 is 0. The van der Waals surface area contributed by atoms with Gasteiger partial charge in [0.1, 0.15) is 11.2 Å². The van der Waals surface area contributed by atoms with Gasteiger partial charge in [0.25, 0.3) is 0 Å². The summed E-state index contributed by atoms with van der Waals surface area (Å²) in [6.07, 6.45) is 0. The normalized spacial score (nSPS) is 15.8. The molecule has 0 N–H and O–H groups in total. The van der Waals surface area contributed by atoms with Crippen LogP contribution < -0.4 is 20.6 Å². The highest BCUT2D eigenvalue weighted by atomic mass is 16.3. The highest BCUT2D eigenvalue weighted by Gasteiger charge is 2.57. The highest BCUT2D eigenvalue weighted by molar-refractivity contribution is 6.94. The van der Waals surface area contributed by atoms with E-state index in [-0.39, 0.29) is 17.7 Å². The first-order valence-electron chi connectivity index (χ1n) is 23.5. The molecule has 312 valence electrons. The Bertz CT molecular complexity index is 3760. The van der Waals surface area contributed by atoms with Crippen molar-refractivity contribution in [3.05, 3.63) is 221 Å². The average molecular weight is 845 g/mol. The van der Waals surface area contributed by atoms with Crippen LogP contribution in [0.5, 0.6) is 0 Å². The van der Waals surface area contributed by atoms with E-state index in [0.717, 1.165) is 21.9 Å². The van der Waals surface area contributed by atoms with Gasteiger partial charge in [-0.25, -0.2) is 0 Å². The van der Waals surface area contributed by atoms with Gasteiger partial charge in [0.2, 0.25) is 0 Å². The van der Waals surface area contributed by atoms with Crippen molar-refractivity contribution in [2.75, 3.05) is 9.71 Å². The first kappa shape index (κ1) is 36.7. The van der Waals surface area contributed by atoms with Gasteiger partial charge in [0.05, 0.1) is 11.1 Å². The van der Waals surface area contributed by atoms with E-state index in [1.807, 2.05) is 0 Å². The molecule has 3 nitrogen and oxygen atoms in total. The van der Waals surface area contributed by atoms with Crippen LogP contribution in [0.3, 0.4) is 0 Å². The number of anilines is 5. The van der Waals surface area contributed by atoms with Crippen molar-refractivity contribution in [2.45, 2.75) is 50.9 Å². The van der Waals surface area contributed by atoms with E-state index >= 15 is 0 Å². The zero-order valence-corrected chi connectivity index (χ0v) is 37.7. The second kappa shape index (κ2) is 12.2. The summed E-state index contributed by atoms with van der Waals surface area (Å²) < 4.78 is 6.81. The Labute approximate surface area is 385 Å². The van der Waals surface area contributed by atoms with Crippen molar-refractivity contribution < 1.29 is 4.42 Å². The maximum absolute atomic E-state index is 6.81. The van der Waals surface area contributed by atoms with Gasteiger partial charge in [-0.1, -0.05) is 174 Å². The molecule has 15 rings (SSSR count). The van der Waals surface area contributed by atoms with Crippen LogP contribution in [0.4, 0.5) is 28.4 Å². The van der Waals surface area contributed by atoms with Crippen molar-refractivity contribution in [2.24, 2.45) is 0 Å². The van der Waals surface area contributed by atoms with Crippen LogP contribution in [-0.2, 0) is 16.2 Å². The second-order valence-electron chi connectivity index (χ2n) is 20.7. The summed E-state index contributed by atoms with van der Waals surface area (Å²) in [5.74, 6) is 0. The van der Waals surface area contributed by atoms with Crippen molar-refractivity contribution in [1.82, 2.24) is 0 Å². The third-order valence-electron chi connectivity index (χ3n) is 16.2. The first-order valence-corrected chi connectivity index (χ1v) is 23.5. The summed E-state index contributed by atoms with van der Waals surface area (Å²) in [6, 6.07) is 69.4. The Morgan fingerprint density at radius 1 is 0.470 bits per heavy atom. The number of fused-ring (bicyclic) bond motifs is 20. The van der Waals surface area contributed by atoms with Gasteiger partial charge in [-0.2, -0.15) is 0 Å². The molecular weight excluding hydrogens is 800 g/mol. The Kier molecular flexibility index (Phi) is 6.80. The van der Waals surface area contributed by atoms with Crippen molar-refractivity contribution in [3.8, 4) is 33.4 Å². The van der Waals surface area contributed by atoms with E-state index in [2.05, 4.69) is 226 Å². The smallest absolute Gasteiger partial charge is 0.333 e. The van der Waals surface area contributed by atoms with E-state index in [1.165, 1.54) is 112 Å². The van der Waals surface area contributed by atoms with Crippen LogP contribution in [0.1, 0.15) is 73.6 Å². The Morgan fingerprint density at radius 2 is 1.11 bits per heavy atom. The van der Waals surface area contributed by atoms with Crippen molar-refractivity contribution >= 4 is 68.1 Å². The van der Waals surface area contributed by atoms with E-state index in [4.69, 9.17) is 4.42 Å². The number of benzene rings is 9. The van der Waals surface area contributed by atoms with E-state index in [9.17, 15) is 0 Å². The fraction of sp³-hybridized carbons (Fsp3) is 0.129. The minimum atomic E-state index is -0.522. The molecule has 3 aliphatic heterocycles. The quantitative estimate of drug-likeness (QED) is 0.154. The van der Waals surface area contributed by atoms with Gasteiger partial charge in [0, 0.05) is 44.5 Å². The molecule has 4 heteroatoms. The van der Waals surface area contributed by atoms with Crippen LogP contribution in [0.15, 0.2) is 186 Å². The first-order chi connectivity index (χ1) is 32.2.